The van der Waals surface area contributed by atoms with Crippen molar-refractivity contribution in [1.29, 1.82) is 0 Å². The second-order valence-corrected chi connectivity index (χ2v) is 3.17. The van der Waals surface area contributed by atoms with Gasteiger partial charge in [0.05, 0.1) is 5.69 Å². The zero-order valence-corrected chi connectivity index (χ0v) is 8.14. The highest BCUT2D eigenvalue weighted by atomic mass is 16.5. The van der Waals surface area contributed by atoms with Gasteiger partial charge in [0.1, 0.15) is 18.6 Å². The van der Waals surface area contributed by atoms with E-state index in [2.05, 4.69) is 4.98 Å². The Morgan fingerprint density at radius 3 is 2.60 bits per heavy atom. The van der Waals surface area contributed by atoms with E-state index < -0.39 is 0 Å². The first-order valence-electron chi connectivity index (χ1n) is 4.69. The fourth-order valence-corrected chi connectivity index (χ4v) is 1.26. The van der Waals surface area contributed by atoms with Crippen molar-refractivity contribution in [3.63, 3.8) is 0 Å². The van der Waals surface area contributed by atoms with E-state index in [0.717, 1.165) is 17.7 Å². The zero-order valence-electron chi connectivity index (χ0n) is 8.14. The Morgan fingerprint density at radius 2 is 2.00 bits per heavy atom. The molecule has 0 bridgehead atoms. The van der Waals surface area contributed by atoms with Gasteiger partial charge in [-0.25, -0.2) is 0 Å². The summed E-state index contributed by atoms with van der Waals surface area (Å²) in [5, 5.41) is 0. The molecule has 0 fully saturated rings. The lowest BCUT2D eigenvalue weighted by Gasteiger charge is -2.04. The summed E-state index contributed by atoms with van der Waals surface area (Å²) < 4.78 is 5.50. The molecule has 1 heterocycles. The van der Waals surface area contributed by atoms with Crippen molar-refractivity contribution in [2.75, 3.05) is 0 Å². The lowest BCUT2D eigenvalue weighted by molar-refractivity contribution is 0.112. The molecule has 0 aliphatic rings. The molecular weight excluding hydrogens is 190 g/mol. The minimum Gasteiger partial charge on any atom is -0.487 e. The maximum absolute atomic E-state index is 10.4. The highest BCUT2D eigenvalue weighted by molar-refractivity contribution is 5.74. The third kappa shape index (κ3) is 2.47. The fourth-order valence-electron chi connectivity index (χ4n) is 1.26. The third-order valence-corrected chi connectivity index (χ3v) is 2.07. The Kier molecular flexibility index (Phi) is 2.83. The molecule has 0 saturated heterocycles. The molecule has 1 N–H and O–H groups in total. The summed E-state index contributed by atoms with van der Waals surface area (Å²) in [5.74, 6) is 0.759. The standard InChI is InChI=1S/C12H11NO2/c14-8-10-3-5-12(6-4-10)15-9-11-2-1-7-13-11/h1-8,13H,9H2. The SMILES string of the molecule is O=Cc1ccc(OCc2ccc[nH]2)cc1. The van der Waals surface area contributed by atoms with Gasteiger partial charge in [0, 0.05) is 11.8 Å². The normalized spacial score (nSPS) is 9.87. The van der Waals surface area contributed by atoms with Gasteiger partial charge in [-0.3, -0.25) is 4.79 Å². The van der Waals surface area contributed by atoms with Crippen molar-refractivity contribution in [2.24, 2.45) is 0 Å². The van der Waals surface area contributed by atoms with E-state index in [4.69, 9.17) is 4.74 Å². The van der Waals surface area contributed by atoms with E-state index in [0.29, 0.717) is 12.2 Å². The number of rotatable bonds is 4. The molecule has 0 unspecified atom stereocenters. The first kappa shape index (κ1) is 9.52. The minimum absolute atomic E-state index is 0.507. The van der Waals surface area contributed by atoms with Gasteiger partial charge in [-0.05, 0) is 36.4 Å². The average molecular weight is 201 g/mol. The molecule has 0 radical (unpaired) electrons. The summed E-state index contributed by atoms with van der Waals surface area (Å²) in [4.78, 5) is 13.5. The van der Waals surface area contributed by atoms with Crippen LogP contribution < -0.4 is 4.74 Å². The molecule has 3 nitrogen and oxygen atoms in total. The molecule has 15 heavy (non-hydrogen) atoms. The lowest BCUT2D eigenvalue weighted by Crippen LogP contribution is -1.95. The molecule has 0 saturated carbocycles. The highest BCUT2D eigenvalue weighted by Gasteiger charge is 1.96. The third-order valence-electron chi connectivity index (χ3n) is 2.07. The van der Waals surface area contributed by atoms with Crippen LogP contribution in [0.5, 0.6) is 5.75 Å². The Morgan fingerprint density at radius 1 is 1.20 bits per heavy atom. The number of hydrogen-bond acceptors (Lipinski definition) is 2. The number of hydrogen-bond donors (Lipinski definition) is 1. The molecule has 0 atom stereocenters. The number of nitrogens with one attached hydrogen (secondary N) is 1. The predicted octanol–water partition coefficient (Wildman–Crippen LogP) is 2.41. The maximum Gasteiger partial charge on any atom is 0.150 e. The summed E-state index contributed by atoms with van der Waals surface area (Å²) in [5.41, 5.74) is 1.68. The van der Waals surface area contributed by atoms with Gasteiger partial charge in [-0.2, -0.15) is 0 Å². The second kappa shape index (κ2) is 4.46. The maximum atomic E-state index is 10.4. The van der Waals surface area contributed by atoms with Gasteiger partial charge >= 0.3 is 0 Å². The van der Waals surface area contributed by atoms with Crippen LogP contribution in [0.25, 0.3) is 0 Å². The van der Waals surface area contributed by atoms with E-state index in [1.54, 1.807) is 24.3 Å². The Hall–Kier alpha value is -2.03. The van der Waals surface area contributed by atoms with E-state index in [-0.39, 0.29) is 0 Å². The van der Waals surface area contributed by atoms with Crippen LogP contribution >= 0.6 is 0 Å². The number of ether oxygens (including phenoxy) is 1. The van der Waals surface area contributed by atoms with Crippen molar-refractivity contribution in [3.05, 3.63) is 53.9 Å². The summed E-state index contributed by atoms with van der Waals surface area (Å²) in [6.07, 6.45) is 2.67. The van der Waals surface area contributed by atoms with Crippen LogP contribution in [0.3, 0.4) is 0 Å². The number of aromatic nitrogens is 1. The highest BCUT2D eigenvalue weighted by Crippen LogP contribution is 2.12. The van der Waals surface area contributed by atoms with Gasteiger partial charge in [0.2, 0.25) is 0 Å². The molecule has 3 heteroatoms. The first-order valence-corrected chi connectivity index (χ1v) is 4.69. The smallest absolute Gasteiger partial charge is 0.150 e. The van der Waals surface area contributed by atoms with Gasteiger partial charge in [0.15, 0.2) is 0 Å². The van der Waals surface area contributed by atoms with Crippen LogP contribution in [0.1, 0.15) is 16.1 Å². The topological polar surface area (TPSA) is 42.1 Å². The number of carbonyl (C=O) groups is 1. The molecule has 0 aliphatic heterocycles. The molecule has 2 rings (SSSR count). The quantitative estimate of drug-likeness (QED) is 0.772. The molecule has 0 spiro atoms. The second-order valence-electron chi connectivity index (χ2n) is 3.17. The fraction of sp³-hybridized carbons (Fsp3) is 0.0833. The Bertz CT molecular complexity index is 417. The summed E-state index contributed by atoms with van der Waals surface area (Å²) in [6.45, 7) is 0.507. The summed E-state index contributed by atoms with van der Waals surface area (Å²) in [6, 6.07) is 10.9. The number of carbonyl (C=O) groups excluding carboxylic acids is 1. The van der Waals surface area contributed by atoms with Gasteiger partial charge < -0.3 is 9.72 Å². The Labute approximate surface area is 87.7 Å². The molecule has 0 amide bonds. The number of aldehydes is 1. The van der Waals surface area contributed by atoms with Crippen LogP contribution in [0.2, 0.25) is 0 Å². The largest absolute Gasteiger partial charge is 0.487 e. The van der Waals surface area contributed by atoms with Crippen LogP contribution in [-0.2, 0) is 6.61 Å². The minimum atomic E-state index is 0.507. The van der Waals surface area contributed by atoms with Crippen molar-refractivity contribution >= 4 is 6.29 Å². The molecule has 1 aromatic heterocycles. The molecular formula is C12H11NO2. The van der Waals surface area contributed by atoms with Crippen LogP contribution in [0.4, 0.5) is 0 Å². The number of H-pyrrole nitrogens is 1. The number of benzene rings is 1. The van der Waals surface area contributed by atoms with Gasteiger partial charge in [-0.15, -0.1) is 0 Å². The van der Waals surface area contributed by atoms with Crippen molar-refractivity contribution in [3.8, 4) is 5.75 Å². The monoisotopic (exact) mass is 201 g/mol. The van der Waals surface area contributed by atoms with Crippen molar-refractivity contribution < 1.29 is 9.53 Å². The van der Waals surface area contributed by atoms with Crippen LogP contribution in [0.15, 0.2) is 42.6 Å². The van der Waals surface area contributed by atoms with Crippen LogP contribution in [0, 0.1) is 0 Å². The van der Waals surface area contributed by atoms with Crippen LogP contribution in [-0.4, -0.2) is 11.3 Å². The summed E-state index contributed by atoms with van der Waals surface area (Å²) >= 11 is 0. The average Bonchev–Trinajstić information content (AvgIpc) is 2.80. The van der Waals surface area contributed by atoms with E-state index in [1.807, 2.05) is 18.3 Å². The van der Waals surface area contributed by atoms with E-state index in [1.165, 1.54) is 0 Å². The van der Waals surface area contributed by atoms with Crippen molar-refractivity contribution in [1.82, 2.24) is 4.98 Å². The molecule has 76 valence electrons. The molecule has 0 aliphatic carbocycles. The molecule has 2 aromatic rings. The lowest BCUT2D eigenvalue weighted by atomic mass is 10.2. The number of aromatic amines is 1. The first-order chi connectivity index (χ1) is 7.38. The summed E-state index contributed by atoms with van der Waals surface area (Å²) in [7, 11) is 0. The predicted molar refractivity (Wildman–Crippen MR) is 57.0 cm³/mol. The van der Waals surface area contributed by atoms with E-state index in [9.17, 15) is 4.79 Å². The van der Waals surface area contributed by atoms with Crippen molar-refractivity contribution in [2.45, 2.75) is 6.61 Å². The molecule has 1 aromatic carbocycles. The van der Waals surface area contributed by atoms with E-state index >= 15 is 0 Å². The van der Waals surface area contributed by atoms with Gasteiger partial charge in [0.25, 0.3) is 0 Å². The Balaban J connectivity index is 1.96. The zero-order chi connectivity index (χ0) is 10.5. The van der Waals surface area contributed by atoms with Gasteiger partial charge in [-0.1, -0.05) is 0 Å².